The fourth-order valence-electron chi connectivity index (χ4n) is 1.07. The Kier molecular flexibility index (Phi) is 4.51. The first kappa shape index (κ1) is 12.4. The van der Waals surface area contributed by atoms with E-state index in [1.165, 1.54) is 12.1 Å². The maximum atomic E-state index is 12.2. The number of unbranched alkanes of at least 4 members (excludes halogenated alkanes) is 1. The van der Waals surface area contributed by atoms with Crippen LogP contribution in [0.2, 0.25) is 0 Å². The predicted octanol–water partition coefficient (Wildman–Crippen LogP) is 4.60. The molecule has 1 aromatic carbocycles. The summed E-state index contributed by atoms with van der Waals surface area (Å²) in [6, 6.07) is 5.33. The van der Waals surface area contributed by atoms with Gasteiger partial charge in [-0.05, 0) is 36.4 Å². The Hall–Kier alpha value is -0.640. The molecule has 0 radical (unpaired) electrons. The molecule has 4 heteroatoms. The monoisotopic (exact) mass is 234 g/mol. The van der Waals surface area contributed by atoms with E-state index in [0.29, 0.717) is 0 Å². The molecule has 0 nitrogen and oxygen atoms in total. The van der Waals surface area contributed by atoms with Crippen LogP contribution in [0.3, 0.4) is 0 Å². The maximum Gasteiger partial charge on any atom is 0.416 e. The van der Waals surface area contributed by atoms with Crippen molar-refractivity contribution in [1.82, 2.24) is 0 Å². The van der Waals surface area contributed by atoms with Gasteiger partial charge in [-0.2, -0.15) is 13.2 Å². The van der Waals surface area contributed by atoms with Crippen LogP contribution in [0.25, 0.3) is 0 Å². The van der Waals surface area contributed by atoms with Crippen molar-refractivity contribution in [2.24, 2.45) is 0 Å². The molecule has 0 spiro atoms. The molecule has 0 aliphatic heterocycles. The lowest BCUT2D eigenvalue weighted by Crippen LogP contribution is -2.03. The summed E-state index contributed by atoms with van der Waals surface area (Å²) in [4.78, 5) is 0.899. The van der Waals surface area contributed by atoms with Gasteiger partial charge in [0.05, 0.1) is 5.56 Å². The molecule has 0 saturated heterocycles. The molecular weight excluding hydrogens is 221 g/mol. The fourth-order valence-corrected chi connectivity index (χ4v) is 2.07. The Bertz CT molecular complexity index is 290. The highest BCUT2D eigenvalue weighted by atomic mass is 32.2. The highest BCUT2D eigenvalue weighted by molar-refractivity contribution is 7.99. The lowest BCUT2D eigenvalue weighted by molar-refractivity contribution is -0.137. The maximum absolute atomic E-state index is 12.2. The van der Waals surface area contributed by atoms with Gasteiger partial charge in [0, 0.05) is 4.90 Å². The average Bonchev–Trinajstić information content (AvgIpc) is 2.18. The molecule has 0 aliphatic rings. The van der Waals surface area contributed by atoms with Crippen LogP contribution in [-0.4, -0.2) is 5.75 Å². The summed E-state index contributed by atoms with van der Waals surface area (Å²) in [5.74, 6) is 0.960. The van der Waals surface area contributed by atoms with E-state index in [9.17, 15) is 13.2 Å². The fraction of sp³-hybridized carbons (Fsp3) is 0.455. The zero-order chi connectivity index (χ0) is 11.3. The van der Waals surface area contributed by atoms with Crippen molar-refractivity contribution in [3.05, 3.63) is 29.8 Å². The quantitative estimate of drug-likeness (QED) is 0.542. The third-order valence-electron chi connectivity index (χ3n) is 1.95. The van der Waals surface area contributed by atoms with Crippen LogP contribution in [0.15, 0.2) is 29.2 Å². The Morgan fingerprint density at radius 2 is 1.73 bits per heavy atom. The van der Waals surface area contributed by atoms with Crippen LogP contribution in [0.4, 0.5) is 13.2 Å². The minimum Gasteiger partial charge on any atom is -0.166 e. The van der Waals surface area contributed by atoms with Gasteiger partial charge in [0.25, 0.3) is 0 Å². The Labute approximate surface area is 91.9 Å². The first-order valence-corrected chi connectivity index (χ1v) is 5.82. The number of thioether (sulfide) groups is 1. The lowest BCUT2D eigenvalue weighted by atomic mass is 10.2. The molecule has 0 aromatic heterocycles. The summed E-state index contributed by atoms with van der Waals surface area (Å²) < 4.78 is 36.7. The second-order valence-electron chi connectivity index (χ2n) is 3.22. The van der Waals surface area contributed by atoms with Crippen LogP contribution < -0.4 is 0 Å². The molecule has 0 saturated carbocycles. The van der Waals surface area contributed by atoms with Gasteiger partial charge in [0.15, 0.2) is 0 Å². The Morgan fingerprint density at radius 1 is 1.13 bits per heavy atom. The molecule has 1 aromatic rings. The van der Waals surface area contributed by atoms with Gasteiger partial charge in [-0.3, -0.25) is 0 Å². The van der Waals surface area contributed by atoms with Gasteiger partial charge in [-0.1, -0.05) is 13.3 Å². The highest BCUT2D eigenvalue weighted by Gasteiger charge is 2.29. The van der Waals surface area contributed by atoms with Crippen LogP contribution >= 0.6 is 11.8 Å². The molecule has 84 valence electrons. The number of rotatable bonds is 4. The van der Waals surface area contributed by atoms with Crippen LogP contribution in [0, 0.1) is 0 Å². The number of alkyl halides is 3. The van der Waals surface area contributed by atoms with Crippen LogP contribution in [-0.2, 0) is 6.18 Å². The molecule has 1 rings (SSSR count). The Morgan fingerprint density at radius 3 is 2.20 bits per heavy atom. The molecule has 0 fully saturated rings. The third-order valence-corrected chi connectivity index (χ3v) is 3.05. The van der Waals surface area contributed by atoms with Crippen LogP contribution in [0.5, 0.6) is 0 Å². The molecule has 15 heavy (non-hydrogen) atoms. The summed E-state index contributed by atoms with van der Waals surface area (Å²) in [6.07, 6.45) is -2.04. The summed E-state index contributed by atoms with van der Waals surface area (Å²) in [5.41, 5.74) is -0.581. The topological polar surface area (TPSA) is 0 Å². The zero-order valence-electron chi connectivity index (χ0n) is 8.47. The molecule has 0 bridgehead atoms. The van der Waals surface area contributed by atoms with Gasteiger partial charge in [-0.15, -0.1) is 11.8 Å². The van der Waals surface area contributed by atoms with Crippen molar-refractivity contribution in [3.63, 3.8) is 0 Å². The second-order valence-corrected chi connectivity index (χ2v) is 4.39. The number of benzene rings is 1. The van der Waals surface area contributed by atoms with Gasteiger partial charge >= 0.3 is 6.18 Å². The minimum atomic E-state index is -4.23. The van der Waals surface area contributed by atoms with E-state index in [-0.39, 0.29) is 0 Å². The highest BCUT2D eigenvalue weighted by Crippen LogP contribution is 2.30. The van der Waals surface area contributed by atoms with Crippen molar-refractivity contribution in [2.45, 2.75) is 30.8 Å². The summed E-state index contributed by atoms with van der Waals surface area (Å²) in [7, 11) is 0. The largest absolute Gasteiger partial charge is 0.416 e. The molecule has 0 aliphatic carbocycles. The van der Waals surface area contributed by atoms with Gasteiger partial charge in [0.2, 0.25) is 0 Å². The van der Waals surface area contributed by atoms with Crippen molar-refractivity contribution in [2.75, 3.05) is 5.75 Å². The first-order valence-electron chi connectivity index (χ1n) is 4.84. The van der Waals surface area contributed by atoms with Gasteiger partial charge in [-0.25, -0.2) is 0 Å². The molecule has 0 atom stereocenters. The molecule has 0 amide bonds. The van der Waals surface area contributed by atoms with E-state index < -0.39 is 11.7 Å². The van der Waals surface area contributed by atoms with E-state index in [0.717, 1.165) is 35.6 Å². The number of halogens is 3. The van der Waals surface area contributed by atoms with E-state index >= 15 is 0 Å². The van der Waals surface area contributed by atoms with E-state index in [1.807, 2.05) is 0 Å². The Balaban J connectivity index is 2.57. The third kappa shape index (κ3) is 4.16. The normalized spacial score (nSPS) is 11.7. The van der Waals surface area contributed by atoms with E-state index in [4.69, 9.17) is 0 Å². The van der Waals surface area contributed by atoms with Crippen molar-refractivity contribution >= 4 is 11.8 Å². The smallest absolute Gasteiger partial charge is 0.166 e. The standard InChI is InChI=1S/C11H13F3S/c1-2-3-8-15-10-6-4-9(5-7-10)11(12,13)14/h4-7H,2-3,8H2,1H3. The SMILES string of the molecule is CCCCSc1ccc(C(F)(F)F)cc1. The molecule has 0 N–H and O–H groups in total. The average molecular weight is 234 g/mol. The molecule has 0 heterocycles. The predicted molar refractivity (Wildman–Crippen MR) is 57.1 cm³/mol. The van der Waals surface area contributed by atoms with Crippen molar-refractivity contribution in [3.8, 4) is 0 Å². The second kappa shape index (κ2) is 5.45. The molecular formula is C11H13F3S. The van der Waals surface area contributed by atoms with Crippen LogP contribution in [0.1, 0.15) is 25.3 Å². The first-order chi connectivity index (χ1) is 7.04. The number of hydrogen-bond acceptors (Lipinski definition) is 1. The number of hydrogen-bond donors (Lipinski definition) is 0. The molecule has 0 unspecified atom stereocenters. The lowest BCUT2D eigenvalue weighted by Gasteiger charge is -2.07. The van der Waals surface area contributed by atoms with E-state index in [2.05, 4.69) is 6.92 Å². The van der Waals surface area contributed by atoms with Crippen molar-refractivity contribution < 1.29 is 13.2 Å². The summed E-state index contributed by atoms with van der Waals surface area (Å²) in [5, 5.41) is 0. The van der Waals surface area contributed by atoms with Gasteiger partial charge < -0.3 is 0 Å². The summed E-state index contributed by atoms with van der Waals surface area (Å²) >= 11 is 1.60. The van der Waals surface area contributed by atoms with Gasteiger partial charge in [0.1, 0.15) is 0 Å². The zero-order valence-corrected chi connectivity index (χ0v) is 9.29. The minimum absolute atomic E-state index is 0.581. The van der Waals surface area contributed by atoms with Crippen molar-refractivity contribution in [1.29, 1.82) is 0 Å². The van der Waals surface area contributed by atoms with E-state index in [1.54, 1.807) is 11.8 Å². The summed E-state index contributed by atoms with van der Waals surface area (Å²) in [6.45, 7) is 2.09.